The molecule has 0 amide bonds. The van der Waals surface area contributed by atoms with Crippen LogP contribution in [0.2, 0.25) is 0 Å². The molecule has 2 aliphatic rings. The summed E-state index contributed by atoms with van der Waals surface area (Å²) in [6, 6.07) is 16.0. The Morgan fingerprint density at radius 3 is 0.902 bits per heavy atom. The minimum Gasteiger partial charge on any atom is -0.173 e. The molecule has 4 aromatic heterocycles. The summed E-state index contributed by atoms with van der Waals surface area (Å²) < 4.78 is 24.1. The first kappa shape index (κ1) is 73.2. The third-order valence-corrected chi connectivity index (χ3v) is 25.7. The summed E-state index contributed by atoms with van der Waals surface area (Å²) in [5.41, 5.74) is 19.2. The smallest absolute Gasteiger partial charge is 0.114 e. The molecular weight excluding hydrogens is 1190 g/mol. The molecule has 0 atom stereocenters. The van der Waals surface area contributed by atoms with E-state index < -0.39 is 0 Å². The first-order valence-corrected chi connectivity index (χ1v) is 42.7. The van der Waals surface area contributed by atoms with E-state index in [-0.39, 0.29) is 10.8 Å². The van der Waals surface area contributed by atoms with E-state index in [9.17, 15) is 0 Å². The van der Waals surface area contributed by atoms with E-state index >= 15 is 0 Å². The van der Waals surface area contributed by atoms with Crippen molar-refractivity contribution < 1.29 is 0 Å². The molecular formula is C84H128N4S4. The molecule has 7 aromatic rings. The van der Waals surface area contributed by atoms with E-state index in [1.54, 1.807) is 22.3 Å². The molecule has 3 aromatic carbocycles. The van der Waals surface area contributed by atoms with Crippen molar-refractivity contribution in [3.63, 3.8) is 0 Å². The number of benzene rings is 3. The standard InChI is InChI=1S/C84H128N4S4/c1-7-11-15-19-23-27-31-35-39-43-47-51-55-83(56-52-48-44-40-36-32-28-24-20-16-12-8-2)70-62-68-71(61-67(70)77-72(83)59-65(5)79-81(77)87-91-85-79)84(57-53-49-45-41-37-33-29-25-21-17-13-9-3,58-54-50-46-42-38-34-30-26-22-18-14-10-4)73-63-69(80-82(78(68)73)88-92-86-80)74-64-76-75(90-74)60-66(6)89-76/h59-64H,7-58H2,1-6H3. The summed E-state index contributed by atoms with van der Waals surface area (Å²) in [4.78, 5) is 2.76. The van der Waals surface area contributed by atoms with Crippen LogP contribution in [0.5, 0.6) is 0 Å². The Hall–Kier alpha value is -3.04. The number of nitrogens with zero attached hydrogens (tertiary/aromatic N) is 4. The zero-order chi connectivity index (χ0) is 64.1. The third-order valence-electron chi connectivity index (χ3n) is 22.5. The van der Waals surface area contributed by atoms with Crippen molar-refractivity contribution in [1.82, 2.24) is 17.5 Å². The average Bonchev–Trinajstić information content (AvgIpc) is 1.52. The Labute approximate surface area is 579 Å². The second-order valence-electron chi connectivity index (χ2n) is 29.7. The topological polar surface area (TPSA) is 51.6 Å². The van der Waals surface area contributed by atoms with Gasteiger partial charge in [-0.2, -0.15) is 17.5 Å². The van der Waals surface area contributed by atoms with Gasteiger partial charge in [0.2, 0.25) is 0 Å². The summed E-state index contributed by atoms with van der Waals surface area (Å²) in [5.74, 6) is 0. The van der Waals surface area contributed by atoms with Gasteiger partial charge in [-0.15, -0.1) is 22.7 Å². The van der Waals surface area contributed by atoms with Crippen LogP contribution in [-0.4, -0.2) is 17.5 Å². The van der Waals surface area contributed by atoms with E-state index in [0.717, 1.165) is 16.6 Å². The van der Waals surface area contributed by atoms with Crippen molar-refractivity contribution in [2.75, 3.05) is 0 Å². The second kappa shape index (κ2) is 40.0. The maximum Gasteiger partial charge on any atom is 0.114 e. The molecule has 0 radical (unpaired) electrons. The van der Waals surface area contributed by atoms with Crippen LogP contribution in [0.1, 0.15) is 394 Å². The first-order valence-electron chi connectivity index (χ1n) is 39.6. The number of thiophene rings is 2. The van der Waals surface area contributed by atoms with Crippen LogP contribution in [-0.2, 0) is 10.8 Å². The van der Waals surface area contributed by atoms with Crippen molar-refractivity contribution >= 4 is 77.6 Å². The van der Waals surface area contributed by atoms with Crippen LogP contribution in [0.4, 0.5) is 0 Å². The van der Waals surface area contributed by atoms with Crippen molar-refractivity contribution in [3.8, 4) is 32.7 Å². The van der Waals surface area contributed by atoms with Crippen molar-refractivity contribution in [2.24, 2.45) is 0 Å². The van der Waals surface area contributed by atoms with Gasteiger partial charge in [0.15, 0.2) is 0 Å². The maximum atomic E-state index is 5.49. The largest absolute Gasteiger partial charge is 0.173 e. The lowest BCUT2D eigenvalue weighted by Crippen LogP contribution is -2.27. The Morgan fingerprint density at radius 2 is 0.554 bits per heavy atom. The highest BCUT2D eigenvalue weighted by Gasteiger charge is 2.50. The van der Waals surface area contributed by atoms with Gasteiger partial charge in [0.1, 0.15) is 22.1 Å². The van der Waals surface area contributed by atoms with Crippen LogP contribution in [0, 0.1) is 13.8 Å². The third kappa shape index (κ3) is 19.6. The monoisotopic (exact) mass is 1320 g/mol. The molecule has 0 spiro atoms. The van der Waals surface area contributed by atoms with Crippen LogP contribution in [0.15, 0.2) is 36.4 Å². The molecule has 9 rings (SSSR count). The van der Waals surface area contributed by atoms with Gasteiger partial charge < -0.3 is 0 Å². The van der Waals surface area contributed by atoms with Crippen molar-refractivity contribution in [2.45, 2.75) is 386 Å². The second-order valence-corrected chi connectivity index (χ2v) is 33.2. The Morgan fingerprint density at radius 1 is 0.272 bits per heavy atom. The molecule has 0 unspecified atom stereocenters. The number of aromatic nitrogens is 4. The Kier molecular flexibility index (Phi) is 31.8. The summed E-state index contributed by atoms with van der Waals surface area (Å²) in [6.07, 6.45) is 71.0. The van der Waals surface area contributed by atoms with Gasteiger partial charge in [0.05, 0.1) is 23.5 Å². The fourth-order valence-corrected chi connectivity index (χ4v) is 20.6. The van der Waals surface area contributed by atoms with Crippen LogP contribution in [0.3, 0.4) is 0 Å². The maximum absolute atomic E-state index is 5.49. The van der Waals surface area contributed by atoms with E-state index in [4.69, 9.17) is 17.5 Å². The molecule has 2 aliphatic carbocycles. The zero-order valence-electron chi connectivity index (χ0n) is 59.7. The van der Waals surface area contributed by atoms with Crippen molar-refractivity contribution in [3.05, 3.63) is 69.1 Å². The molecule has 508 valence electrons. The van der Waals surface area contributed by atoms with E-state index in [2.05, 4.69) is 77.9 Å². The molecule has 0 N–H and O–H groups in total. The molecule has 0 fully saturated rings. The highest BCUT2D eigenvalue weighted by atomic mass is 32.1. The van der Waals surface area contributed by atoms with E-state index in [0.29, 0.717) is 0 Å². The fourth-order valence-electron chi connectivity index (χ4n) is 17.1. The Balaban J connectivity index is 1.08. The summed E-state index contributed by atoms with van der Waals surface area (Å²) in [7, 11) is 0. The summed E-state index contributed by atoms with van der Waals surface area (Å²) >= 11 is 6.82. The van der Waals surface area contributed by atoms with E-state index in [1.165, 1.54) is 415 Å². The summed E-state index contributed by atoms with van der Waals surface area (Å²) in [6.45, 7) is 14.0. The SMILES string of the molecule is CCCCCCCCCCCCCCC1(CCCCCCCCCCCCCC)c2cc3c(cc2-c2c1cc(C)c1nsnc21)C(CCCCCCCCCCCCCC)(CCCCCCCCCCCCCC)c1cc(-c2cc4sc(C)cc4s2)c2nsnc2c1-3. The Bertz CT molecular complexity index is 3120. The highest BCUT2D eigenvalue weighted by Crippen LogP contribution is 2.63. The first-order chi connectivity index (χ1) is 45.4. The average molecular weight is 1320 g/mol. The molecule has 4 nitrogen and oxygen atoms in total. The quantitative estimate of drug-likeness (QED) is 0.0357. The van der Waals surface area contributed by atoms with Gasteiger partial charge in [-0.1, -0.05) is 342 Å². The van der Waals surface area contributed by atoms with Crippen molar-refractivity contribution in [1.29, 1.82) is 0 Å². The normalized spacial score (nSPS) is 13.8. The number of hydrogen-bond acceptors (Lipinski definition) is 8. The van der Waals surface area contributed by atoms with Gasteiger partial charge in [-0.25, -0.2) is 0 Å². The van der Waals surface area contributed by atoms with Gasteiger partial charge in [0, 0.05) is 46.7 Å². The molecule has 0 bridgehead atoms. The number of fused-ring (bicyclic) bond motifs is 11. The molecule has 0 saturated carbocycles. The van der Waals surface area contributed by atoms with Crippen LogP contribution < -0.4 is 0 Å². The lowest BCUT2D eigenvalue weighted by atomic mass is 9.68. The lowest BCUT2D eigenvalue weighted by Gasteiger charge is -2.35. The fraction of sp³-hybridized carbons (Fsp3) is 0.714. The van der Waals surface area contributed by atoms with Crippen LogP contribution in [0.25, 0.3) is 64.2 Å². The number of unbranched alkanes of at least 4 members (excludes halogenated alkanes) is 44. The molecule has 0 aliphatic heterocycles. The minimum atomic E-state index is -0.116. The predicted molar refractivity (Wildman–Crippen MR) is 412 cm³/mol. The van der Waals surface area contributed by atoms with E-state index in [1.807, 2.05) is 22.7 Å². The lowest BCUT2D eigenvalue weighted by molar-refractivity contribution is 0.393. The molecule has 0 saturated heterocycles. The number of aryl methyl sites for hydroxylation is 2. The minimum absolute atomic E-state index is 0.0735. The predicted octanol–water partition coefficient (Wildman–Crippen LogP) is 30.2. The number of hydrogen-bond donors (Lipinski definition) is 0. The van der Waals surface area contributed by atoms with Gasteiger partial charge in [-0.05, 0) is 109 Å². The highest BCUT2D eigenvalue weighted by molar-refractivity contribution is 7.29. The molecule has 8 heteroatoms. The molecule has 92 heavy (non-hydrogen) atoms. The summed E-state index contributed by atoms with van der Waals surface area (Å²) in [5, 5.41) is 0. The van der Waals surface area contributed by atoms with Gasteiger partial charge in [0.25, 0.3) is 0 Å². The van der Waals surface area contributed by atoms with Gasteiger partial charge >= 0.3 is 0 Å². The zero-order valence-corrected chi connectivity index (χ0v) is 62.9. The molecule has 4 heterocycles. The van der Waals surface area contributed by atoms with Crippen LogP contribution >= 0.6 is 46.1 Å². The number of rotatable bonds is 53. The van der Waals surface area contributed by atoms with Gasteiger partial charge in [-0.3, -0.25) is 0 Å².